The van der Waals surface area contributed by atoms with E-state index in [1.807, 2.05) is 30.3 Å². The summed E-state index contributed by atoms with van der Waals surface area (Å²) in [5.41, 5.74) is 12.5. The molecule has 0 radical (unpaired) electrons. The summed E-state index contributed by atoms with van der Waals surface area (Å²) in [5.74, 6) is 2.44. The second-order valence-electron chi connectivity index (χ2n) is 14.9. The molecule has 0 fully saturated rings. The molecule has 0 saturated carbocycles. The Hall–Kier alpha value is -7.37. The Morgan fingerprint density at radius 2 is 1.07 bits per heavy atom. The van der Waals surface area contributed by atoms with Crippen LogP contribution in [0.2, 0.25) is 0 Å². The molecule has 10 aromatic rings. The third-order valence-corrected chi connectivity index (χ3v) is 11.2. The van der Waals surface area contributed by atoms with Crippen molar-refractivity contribution in [1.82, 2.24) is 19.5 Å². The molecule has 7 aromatic carbocycles. The van der Waals surface area contributed by atoms with Gasteiger partial charge in [0.05, 0.1) is 16.7 Å². The minimum atomic E-state index is 0.433. The normalized spacial score (nSPS) is 14.2. The molecule has 57 heavy (non-hydrogen) atoms. The number of fused-ring (bicyclic) bond motifs is 6. The Bertz CT molecular complexity index is 3210. The van der Waals surface area contributed by atoms with Crippen LogP contribution >= 0.6 is 0 Å². The fourth-order valence-electron chi connectivity index (χ4n) is 8.33. The smallest absolute Gasteiger partial charge is 0.164 e. The third kappa shape index (κ3) is 5.75. The summed E-state index contributed by atoms with van der Waals surface area (Å²) in [5, 5.41) is 4.61. The van der Waals surface area contributed by atoms with Gasteiger partial charge in [-0.25, -0.2) is 15.0 Å². The van der Waals surface area contributed by atoms with Crippen molar-refractivity contribution in [3.05, 3.63) is 188 Å². The predicted octanol–water partition coefficient (Wildman–Crippen LogP) is 13.5. The van der Waals surface area contributed by atoms with Crippen molar-refractivity contribution < 1.29 is 4.42 Å². The van der Waals surface area contributed by atoms with Crippen LogP contribution in [0.25, 0.3) is 100 Å². The van der Waals surface area contributed by atoms with E-state index in [1.165, 1.54) is 21.9 Å². The van der Waals surface area contributed by atoms with E-state index >= 15 is 0 Å². The molecular weight excluding hydrogens is 697 g/mol. The van der Waals surface area contributed by atoms with Gasteiger partial charge in [-0.3, -0.25) is 0 Å². The Morgan fingerprint density at radius 1 is 0.491 bits per heavy atom. The Balaban J connectivity index is 0.992. The third-order valence-electron chi connectivity index (χ3n) is 11.2. The number of benzene rings is 7. The minimum absolute atomic E-state index is 0.433. The molecule has 0 spiro atoms. The van der Waals surface area contributed by atoms with Gasteiger partial charge in [0.2, 0.25) is 0 Å². The largest absolute Gasteiger partial charge is 0.454 e. The average molecular weight is 733 g/mol. The number of nitrogens with zero attached hydrogens (tertiary/aromatic N) is 4. The van der Waals surface area contributed by atoms with Crippen molar-refractivity contribution in [2.45, 2.75) is 13.3 Å². The summed E-state index contributed by atoms with van der Waals surface area (Å²) in [4.78, 5) is 14.8. The van der Waals surface area contributed by atoms with Crippen LogP contribution in [0.5, 0.6) is 0 Å². The fourth-order valence-corrected chi connectivity index (χ4v) is 8.33. The first-order valence-electron chi connectivity index (χ1n) is 19.5. The Labute approximate surface area is 329 Å². The number of furan rings is 1. The van der Waals surface area contributed by atoms with E-state index in [0.717, 1.165) is 72.9 Å². The highest BCUT2D eigenvalue weighted by atomic mass is 16.3. The van der Waals surface area contributed by atoms with Crippen LogP contribution < -0.4 is 0 Å². The molecule has 1 unspecified atom stereocenters. The Kier molecular flexibility index (Phi) is 7.78. The van der Waals surface area contributed by atoms with Gasteiger partial charge in [0, 0.05) is 38.2 Å². The molecule has 1 aliphatic rings. The van der Waals surface area contributed by atoms with Gasteiger partial charge in [0.1, 0.15) is 5.58 Å². The molecule has 1 atom stereocenters. The highest BCUT2D eigenvalue weighted by Gasteiger charge is 2.19. The lowest BCUT2D eigenvalue weighted by molar-refractivity contribution is 0.666. The van der Waals surface area contributed by atoms with Crippen LogP contribution in [0.15, 0.2) is 186 Å². The van der Waals surface area contributed by atoms with Gasteiger partial charge >= 0.3 is 0 Å². The van der Waals surface area contributed by atoms with Gasteiger partial charge in [0.25, 0.3) is 0 Å². The van der Waals surface area contributed by atoms with E-state index in [-0.39, 0.29) is 0 Å². The maximum absolute atomic E-state index is 6.85. The molecule has 11 rings (SSSR count). The van der Waals surface area contributed by atoms with Crippen molar-refractivity contribution in [3.63, 3.8) is 0 Å². The van der Waals surface area contributed by atoms with E-state index in [2.05, 4.69) is 163 Å². The molecule has 3 heterocycles. The topological polar surface area (TPSA) is 56.7 Å². The zero-order valence-electron chi connectivity index (χ0n) is 31.3. The van der Waals surface area contributed by atoms with Crippen molar-refractivity contribution in [3.8, 4) is 50.7 Å². The number of hydrogen-bond donors (Lipinski definition) is 0. The van der Waals surface area contributed by atoms with Gasteiger partial charge in [-0.2, -0.15) is 0 Å². The fraction of sp³-hybridized carbons (Fsp3) is 0.0577. The molecule has 0 bridgehead atoms. The van der Waals surface area contributed by atoms with E-state index in [4.69, 9.17) is 19.4 Å². The molecule has 1 aliphatic carbocycles. The first-order chi connectivity index (χ1) is 28.1. The van der Waals surface area contributed by atoms with Crippen molar-refractivity contribution in [2.24, 2.45) is 5.92 Å². The lowest BCUT2D eigenvalue weighted by Gasteiger charge is -2.13. The van der Waals surface area contributed by atoms with Gasteiger partial charge in [-0.1, -0.05) is 159 Å². The predicted molar refractivity (Wildman–Crippen MR) is 234 cm³/mol. The van der Waals surface area contributed by atoms with E-state index in [0.29, 0.717) is 23.4 Å². The lowest BCUT2D eigenvalue weighted by Crippen LogP contribution is -2.04. The molecule has 0 amide bonds. The maximum atomic E-state index is 6.85. The zero-order chi connectivity index (χ0) is 37.9. The number of allylic oxidation sites excluding steroid dienone is 4. The second kappa shape index (κ2) is 13.4. The van der Waals surface area contributed by atoms with Gasteiger partial charge < -0.3 is 8.98 Å². The first-order valence-corrected chi connectivity index (χ1v) is 19.5. The molecule has 270 valence electrons. The molecule has 0 aliphatic heterocycles. The summed E-state index contributed by atoms with van der Waals surface area (Å²) in [7, 11) is 0. The zero-order valence-corrected chi connectivity index (χ0v) is 31.3. The summed E-state index contributed by atoms with van der Waals surface area (Å²) in [6.07, 6.45) is 7.59. The van der Waals surface area contributed by atoms with Crippen LogP contribution in [0.1, 0.15) is 19.2 Å². The van der Waals surface area contributed by atoms with Crippen LogP contribution in [0.3, 0.4) is 0 Å². The van der Waals surface area contributed by atoms with Crippen molar-refractivity contribution in [1.29, 1.82) is 0 Å². The molecule has 0 saturated heterocycles. The van der Waals surface area contributed by atoms with Crippen LogP contribution in [-0.2, 0) is 0 Å². The van der Waals surface area contributed by atoms with E-state index in [1.54, 1.807) is 0 Å². The molecule has 5 nitrogen and oxygen atoms in total. The van der Waals surface area contributed by atoms with Crippen LogP contribution in [0.4, 0.5) is 0 Å². The van der Waals surface area contributed by atoms with Crippen molar-refractivity contribution >= 4 is 49.3 Å². The standard InChI is InChI=1S/C52H36N4O/c1-33-12-10-17-40(30-33)52-54-50(36-15-6-3-7-16-36)53-51(55-52)37-24-22-35(23-25-37)39-27-29-43-44-19-11-21-46(49(44)57-48(43)32-39)56-45-20-9-8-18-41(45)42-28-26-38(31-47(42)56)34-13-4-2-5-14-34/h2-11,13-33H,12H2,1H3. The minimum Gasteiger partial charge on any atom is -0.454 e. The first kappa shape index (κ1) is 33.0. The summed E-state index contributed by atoms with van der Waals surface area (Å²) in [6.45, 7) is 2.22. The monoisotopic (exact) mass is 732 g/mol. The lowest BCUT2D eigenvalue weighted by atomic mass is 9.97. The van der Waals surface area contributed by atoms with Gasteiger partial charge in [-0.15, -0.1) is 0 Å². The van der Waals surface area contributed by atoms with Crippen LogP contribution in [-0.4, -0.2) is 19.5 Å². The van der Waals surface area contributed by atoms with E-state index < -0.39 is 0 Å². The Morgan fingerprint density at radius 3 is 1.84 bits per heavy atom. The second-order valence-corrected chi connectivity index (χ2v) is 14.9. The molecule has 5 heteroatoms. The SMILES string of the molecule is CC1C=C(c2nc(-c3ccccc3)nc(-c3ccc(-c4ccc5c(c4)oc4c(-n6c7ccccc7c7ccc(-c8ccccc8)cc76)cccc45)cc3)n2)C=CC1. The maximum Gasteiger partial charge on any atom is 0.164 e. The highest BCUT2D eigenvalue weighted by Crippen LogP contribution is 2.40. The summed E-state index contributed by atoms with van der Waals surface area (Å²) >= 11 is 0. The molecule has 0 N–H and O–H groups in total. The number of hydrogen-bond acceptors (Lipinski definition) is 4. The summed E-state index contributed by atoms with van der Waals surface area (Å²) in [6, 6.07) is 57.6. The number of rotatable bonds is 6. The molecule has 3 aromatic heterocycles. The van der Waals surface area contributed by atoms with Gasteiger partial charge in [-0.05, 0) is 64.9 Å². The molecular formula is C52H36N4O. The number of aromatic nitrogens is 4. The van der Waals surface area contributed by atoms with Crippen LogP contribution in [0, 0.1) is 5.92 Å². The van der Waals surface area contributed by atoms with Gasteiger partial charge in [0.15, 0.2) is 23.1 Å². The average Bonchev–Trinajstić information content (AvgIpc) is 3.82. The van der Waals surface area contributed by atoms with E-state index in [9.17, 15) is 0 Å². The quantitative estimate of drug-likeness (QED) is 0.171. The van der Waals surface area contributed by atoms with Crippen molar-refractivity contribution in [2.75, 3.05) is 0 Å². The highest BCUT2D eigenvalue weighted by molar-refractivity contribution is 6.13. The number of para-hydroxylation sites is 2. The summed E-state index contributed by atoms with van der Waals surface area (Å²) < 4.78 is 9.21.